The fraction of sp³-hybridized carbons (Fsp3) is 1.00. The second-order valence-corrected chi connectivity index (χ2v) is 5.25. The SMILES string of the molecule is CC1NCCN(C(C)CC2CC2)C1C. The molecule has 3 unspecified atom stereocenters. The molecule has 0 radical (unpaired) electrons. The fourth-order valence-electron chi connectivity index (χ4n) is 2.68. The Balaban J connectivity index is 1.86. The number of rotatable bonds is 3. The topological polar surface area (TPSA) is 15.3 Å². The van der Waals surface area contributed by atoms with Crippen LogP contribution in [-0.4, -0.2) is 36.1 Å². The first kappa shape index (κ1) is 10.4. The fourth-order valence-corrected chi connectivity index (χ4v) is 2.68. The summed E-state index contributed by atoms with van der Waals surface area (Å²) in [5.74, 6) is 1.06. The average molecular weight is 196 g/mol. The second kappa shape index (κ2) is 4.19. The molecule has 1 N–H and O–H groups in total. The van der Waals surface area contributed by atoms with Crippen molar-refractivity contribution in [2.45, 2.75) is 58.2 Å². The van der Waals surface area contributed by atoms with Gasteiger partial charge in [-0.3, -0.25) is 4.90 Å². The lowest BCUT2D eigenvalue weighted by Gasteiger charge is -2.42. The van der Waals surface area contributed by atoms with Gasteiger partial charge in [-0.2, -0.15) is 0 Å². The van der Waals surface area contributed by atoms with E-state index in [2.05, 4.69) is 31.0 Å². The maximum Gasteiger partial charge on any atom is 0.0221 e. The van der Waals surface area contributed by atoms with E-state index < -0.39 is 0 Å². The van der Waals surface area contributed by atoms with E-state index in [4.69, 9.17) is 0 Å². The lowest BCUT2D eigenvalue weighted by molar-refractivity contribution is 0.0896. The molecule has 14 heavy (non-hydrogen) atoms. The van der Waals surface area contributed by atoms with Crippen LogP contribution in [0.3, 0.4) is 0 Å². The molecule has 1 saturated carbocycles. The molecule has 0 amide bonds. The van der Waals surface area contributed by atoms with Crippen molar-refractivity contribution in [3.05, 3.63) is 0 Å². The lowest BCUT2D eigenvalue weighted by atomic mass is 10.0. The third-order valence-corrected chi connectivity index (χ3v) is 4.02. The van der Waals surface area contributed by atoms with E-state index in [-0.39, 0.29) is 0 Å². The van der Waals surface area contributed by atoms with E-state index in [1.54, 1.807) is 0 Å². The van der Waals surface area contributed by atoms with Gasteiger partial charge in [0.05, 0.1) is 0 Å². The summed E-state index contributed by atoms with van der Waals surface area (Å²) in [7, 11) is 0. The van der Waals surface area contributed by atoms with Crippen molar-refractivity contribution < 1.29 is 0 Å². The van der Waals surface area contributed by atoms with Crippen LogP contribution in [0.5, 0.6) is 0 Å². The molecular formula is C12H24N2. The van der Waals surface area contributed by atoms with Gasteiger partial charge in [0, 0.05) is 31.2 Å². The molecule has 0 aromatic heterocycles. The summed E-state index contributed by atoms with van der Waals surface area (Å²) in [5.41, 5.74) is 0. The summed E-state index contributed by atoms with van der Waals surface area (Å²) in [6.45, 7) is 9.48. The van der Waals surface area contributed by atoms with Gasteiger partial charge in [0.1, 0.15) is 0 Å². The zero-order chi connectivity index (χ0) is 10.1. The van der Waals surface area contributed by atoms with Crippen LogP contribution in [0.2, 0.25) is 0 Å². The Morgan fingerprint density at radius 2 is 2.07 bits per heavy atom. The predicted octanol–water partition coefficient (Wildman–Crippen LogP) is 1.86. The van der Waals surface area contributed by atoms with E-state index in [9.17, 15) is 0 Å². The van der Waals surface area contributed by atoms with Crippen LogP contribution < -0.4 is 5.32 Å². The van der Waals surface area contributed by atoms with Gasteiger partial charge < -0.3 is 5.32 Å². The highest BCUT2D eigenvalue weighted by atomic mass is 15.2. The van der Waals surface area contributed by atoms with Crippen molar-refractivity contribution in [3.8, 4) is 0 Å². The zero-order valence-corrected chi connectivity index (χ0v) is 9.79. The Kier molecular flexibility index (Phi) is 3.13. The molecule has 1 saturated heterocycles. The normalized spacial score (nSPS) is 37.1. The summed E-state index contributed by atoms with van der Waals surface area (Å²) in [4.78, 5) is 2.69. The van der Waals surface area contributed by atoms with Gasteiger partial charge in [-0.1, -0.05) is 12.8 Å². The summed E-state index contributed by atoms with van der Waals surface area (Å²) >= 11 is 0. The molecule has 1 aliphatic carbocycles. The first-order valence-corrected chi connectivity index (χ1v) is 6.17. The first-order valence-electron chi connectivity index (χ1n) is 6.17. The molecule has 2 rings (SSSR count). The number of nitrogens with one attached hydrogen (secondary N) is 1. The number of hydrogen-bond acceptors (Lipinski definition) is 2. The van der Waals surface area contributed by atoms with E-state index in [0.29, 0.717) is 12.1 Å². The van der Waals surface area contributed by atoms with Gasteiger partial charge in [-0.25, -0.2) is 0 Å². The maximum atomic E-state index is 3.54. The highest BCUT2D eigenvalue weighted by Gasteiger charge is 2.31. The molecule has 0 spiro atoms. The highest BCUT2D eigenvalue weighted by molar-refractivity contribution is 4.88. The molecule has 1 aliphatic heterocycles. The molecule has 2 heteroatoms. The van der Waals surface area contributed by atoms with E-state index in [0.717, 1.165) is 12.0 Å². The zero-order valence-electron chi connectivity index (χ0n) is 9.79. The molecule has 0 aromatic carbocycles. The monoisotopic (exact) mass is 196 g/mol. The van der Waals surface area contributed by atoms with E-state index >= 15 is 0 Å². The number of hydrogen-bond donors (Lipinski definition) is 1. The molecule has 0 aromatic rings. The van der Waals surface area contributed by atoms with Crippen LogP contribution in [0, 0.1) is 5.92 Å². The van der Waals surface area contributed by atoms with Crippen molar-refractivity contribution in [3.63, 3.8) is 0 Å². The van der Waals surface area contributed by atoms with Gasteiger partial charge in [0.25, 0.3) is 0 Å². The van der Waals surface area contributed by atoms with Crippen molar-refractivity contribution in [2.24, 2.45) is 5.92 Å². The van der Waals surface area contributed by atoms with Gasteiger partial charge in [-0.15, -0.1) is 0 Å². The Bertz CT molecular complexity index is 189. The van der Waals surface area contributed by atoms with Gasteiger partial charge >= 0.3 is 0 Å². The lowest BCUT2D eigenvalue weighted by Crippen LogP contribution is -2.57. The quantitative estimate of drug-likeness (QED) is 0.741. The molecule has 82 valence electrons. The van der Waals surface area contributed by atoms with Crippen molar-refractivity contribution >= 4 is 0 Å². The number of piperazine rings is 1. The minimum atomic E-state index is 0.658. The molecule has 2 fully saturated rings. The summed E-state index contributed by atoms with van der Waals surface area (Å²) in [5, 5.41) is 3.54. The Morgan fingerprint density at radius 1 is 1.36 bits per heavy atom. The largest absolute Gasteiger partial charge is 0.311 e. The second-order valence-electron chi connectivity index (χ2n) is 5.25. The van der Waals surface area contributed by atoms with Crippen LogP contribution >= 0.6 is 0 Å². The molecule has 2 aliphatic rings. The van der Waals surface area contributed by atoms with Crippen LogP contribution in [-0.2, 0) is 0 Å². The molecule has 0 bridgehead atoms. The van der Waals surface area contributed by atoms with E-state index in [1.165, 1.54) is 32.4 Å². The highest BCUT2D eigenvalue weighted by Crippen LogP contribution is 2.35. The molecule has 2 nitrogen and oxygen atoms in total. The third-order valence-electron chi connectivity index (χ3n) is 4.02. The first-order chi connectivity index (χ1) is 6.68. The summed E-state index contributed by atoms with van der Waals surface area (Å²) in [6.07, 6.45) is 4.40. The van der Waals surface area contributed by atoms with Gasteiger partial charge in [0.2, 0.25) is 0 Å². The standard InChI is InChI=1S/C12H24N2/c1-9(8-12-4-5-12)14-7-6-13-10(2)11(14)3/h9-13H,4-8H2,1-3H3. The smallest absolute Gasteiger partial charge is 0.0221 e. The predicted molar refractivity (Wildman–Crippen MR) is 60.4 cm³/mol. The van der Waals surface area contributed by atoms with Crippen LogP contribution in [0.25, 0.3) is 0 Å². The third kappa shape index (κ3) is 2.29. The van der Waals surface area contributed by atoms with Crippen LogP contribution in [0.15, 0.2) is 0 Å². The van der Waals surface area contributed by atoms with Crippen LogP contribution in [0.1, 0.15) is 40.0 Å². The average Bonchev–Trinajstić information content (AvgIpc) is 2.93. The molecular weight excluding hydrogens is 172 g/mol. The Morgan fingerprint density at radius 3 is 2.71 bits per heavy atom. The molecule has 1 heterocycles. The van der Waals surface area contributed by atoms with Gasteiger partial charge in [-0.05, 0) is 33.1 Å². The Hall–Kier alpha value is -0.0800. The minimum absolute atomic E-state index is 0.658. The van der Waals surface area contributed by atoms with Crippen LogP contribution in [0.4, 0.5) is 0 Å². The van der Waals surface area contributed by atoms with E-state index in [1.807, 2.05) is 0 Å². The number of nitrogens with zero attached hydrogens (tertiary/aromatic N) is 1. The van der Waals surface area contributed by atoms with Crippen molar-refractivity contribution in [1.82, 2.24) is 10.2 Å². The summed E-state index contributed by atoms with van der Waals surface area (Å²) < 4.78 is 0. The Labute approximate surface area is 88.1 Å². The minimum Gasteiger partial charge on any atom is -0.311 e. The summed E-state index contributed by atoms with van der Waals surface area (Å²) in [6, 6.07) is 2.16. The van der Waals surface area contributed by atoms with Gasteiger partial charge in [0.15, 0.2) is 0 Å². The van der Waals surface area contributed by atoms with Crippen molar-refractivity contribution in [1.29, 1.82) is 0 Å². The maximum absolute atomic E-state index is 3.54. The van der Waals surface area contributed by atoms with Crippen molar-refractivity contribution in [2.75, 3.05) is 13.1 Å². The molecule has 3 atom stereocenters.